The molecule has 0 aliphatic heterocycles. The predicted octanol–water partition coefficient (Wildman–Crippen LogP) is 1.56. The Hall–Kier alpha value is -2.66. The Labute approximate surface area is 166 Å². The highest BCUT2D eigenvalue weighted by molar-refractivity contribution is 5.88. The maximum Gasteiger partial charge on any atom is 0.275 e. The molecule has 2 aromatic rings. The van der Waals surface area contributed by atoms with E-state index in [1.165, 1.54) is 17.4 Å². The molecule has 5 heteroatoms. The zero-order chi connectivity index (χ0) is 19.9. The molecule has 0 radical (unpaired) electrons. The van der Waals surface area contributed by atoms with Gasteiger partial charge < -0.3 is 15.0 Å². The van der Waals surface area contributed by atoms with Gasteiger partial charge in [-0.2, -0.15) is 0 Å². The number of carbonyl (C=O) groups is 2. The maximum atomic E-state index is 12.7. The number of hydrogen-bond acceptors (Lipinski definition) is 3. The average molecular weight is 381 g/mol. The highest BCUT2D eigenvalue weighted by Crippen LogP contribution is 2.16. The van der Waals surface area contributed by atoms with Crippen molar-refractivity contribution in [3.8, 4) is 5.75 Å². The fourth-order valence-corrected chi connectivity index (χ4v) is 3.45. The van der Waals surface area contributed by atoms with Gasteiger partial charge in [-0.3, -0.25) is 9.59 Å². The van der Waals surface area contributed by atoms with Crippen LogP contribution in [0.4, 0.5) is 0 Å². The summed E-state index contributed by atoms with van der Waals surface area (Å²) in [6.07, 6.45) is 2.83. The Morgan fingerprint density at radius 3 is 2.32 bits per heavy atom. The number of amides is 1. The van der Waals surface area contributed by atoms with Gasteiger partial charge in [0.25, 0.3) is 5.91 Å². The van der Waals surface area contributed by atoms with Gasteiger partial charge in [0.15, 0.2) is 12.3 Å². The number of ketones is 1. The van der Waals surface area contributed by atoms with E-state index in [4.69, 9.17) is 4.74 Å². The molecule has 1 aliphatic rings. The van der Waals surface area contributed by atoms with Crippen molar-refractivity contribution in [3.63, 3.8) is 0 Å². The zero-order valence-electron chi connectivity index (χ0n) is 16.6. The average Bonchev–Trinajstić information content (AvgIpc) is 3.53. The lowest BCUT2D eigenvalue weighted by molar-refractivity contribution is -0.917. The van der Waals surface area contributed by atoms with E-state index >= 15 is 0 Å². The van der Waals surface area contributed by atoms with Gasteiger partial charge in [-0.05, 0) is 43.2 Å². The molecule has 5 nitrogen and oxygen atoms in total. The number of carbonyl (C=O) groups excluding carboxylic acids is 2. The first-order valence-electron chi connectivity index (χ1n) is 9.86. The van der Waals surface area contributed by atoms with Gasteiger partial charge in [0.2, 0.25) is 0 Å². The summed E-state index contributed by atoms with van der Waals surface area (Å²) >= 11 is 0. The standard InChI is InChI=1S/C23H28N2O3/c1-17(26)22(14-18-6-4-3-5-7-18)24-23(27)16-25(20-10-11-20)15-19-8-12-21(28-2)13-9-19/h3-9,12-13,20,22H,10-11,14-16H2,1-2H3,(H,24,27)/p+1/t22-/m1/s1. The number of hydrogen-bond donors (Lipinski definition) is 2. The summed E-state index contributed by atoms with van der Waals surface area (Å²) in [5.41, 5.74) is 2.23. The summed E-state index contributed by atoms with van der Waals surface area (Å²) in [7, 11) is 1.65. The summed E-state index contributed by atoms with van der Waals surface area (Å²) in [5, 5.41) is 2.95. The Morgan fingerprint density at radius 1 is 1.07 bits per heavy atom. The highest BCUT2D eigenvalue weighted by Gasteiger charge is 2.35. The summed E-state index contributed by atoms with van der Waals surface area (Å²) in [5.74, 6) is 0.756. The normalized spacial score (nSPS) is 15.5. The lowest BCUT2D eigenvalue weighted by atomic mass is 10.0. The lowest BCUT2D eigenvalue weighted by Gasteiger charge is -2.21. The van der Waals surface area contributed by atoms with E-state index in [-0.39, 0.29) is 11.7 Å². The molecule has 148 valence electrons. The molecule has 0 aromatic heterocycles. The van der Waals surface area contributed by atoms with Gasteiger partial charge >= 0.3 is 0 Å². The SMILES string of the molecule is COc1ccc(C[NH+](CC(=O)N[C@H](Cc2ccccc2)C(C)=O)C2CC2)cc1. The number of Topliss-reactive ketones (excluding diaryl/α,β-unsaturated/α-hetero) is 1. The predicted molar refractivity (Wildman–Crippen MR) is 108 cm³/mol. The van der Waals surface area contributed by atoms with Crippen molar-refractivity contribution >= 4 is 11.7 Å². The second-order valence-electron chi connectivity index (χ2n) is 7.55. The molecule has 28 heavy (non-hydrogen) atoms. The van der Waals surface area contributed by atoms with Crippen LogP contribution in [-0.4, -0.2) is 37.4 Å². The van der Waals surface area contributed by atoms with Gasteiger partial charge in [0.1, 0.15) is 12.3 Å². The molecule has 1 saturated carbocycles. The van der Waals surface area contributed by atoms with E-state index in [1.807, 2.05) is 54.6 Å². The first-order valence-corrected chi connectivity index (χ1v) is 9.86. The van der Waals surface area contributed by atoms with Crippen LogP contribution < -0.4 is 15.0 Å². The molecular weight excluding hydrogens is 352 g/mol. The Balaban J connectivity index is 1.58. The molecule has 2 atom stereocenters. The molecule has 2 N–H and O–H groups in total. The molecule has 1 aliphatic carbocycles. The number of nitrogens with one attached hydrogen (secondary N) is 2. The number of ether oxygens (including phenoxy) is 1. The smallest absolute Gasteiger partial charge is 0.275 e. The van der Waals surface area contributed by atoms with Crippen LogP contribution in [0.25, 0.3) is 0 Å². The van der Waals surface area contributed by atoms with Crippen LogP contribution in [0.1, 0.15) is 30.9 Å². The number of quaternary nitrogens is 1. The first kappa shape index (κ1) is 20.1. The molecule has 1 unspecified atom stereocenters. The van der Waals surface area contributed by atoms with E-state index in [1.54, 1.807) is 7.11 Å². The van der Waals surface area contributed by atoms with Crippen LogP contribution in [0.15, 0.2) is 54.6 Å². The van der Waals surface area contributed by atoms with Crippen LogP contribution >= 0.6 is 0 Å². The second kappa shape index (κ2) is 9.51. The van der Waals surface area contributed by atoms with Crippen molar-refractivity contribution in [1.82, 2.24) is 5.32 Å². The Bertz CT molecular complexity index is 785. The summed E-state index contributed by atoms with van der Waals surface area (Å²) in [6.45, 7) is 2.72. The minimum absolute atomic E-state index is 0.0136. The first-order chi connectivity index (χ1) is 13.5. The highest BCUT2D eigenvalue weighted by atomic mass is 16.5. The van der Waals surface area contributed by atoms with Gasteiger partial charge in [0.05, 0.1) is 19.2 Å². The molecule has 0 heterocycles. The molecule has 3 rings (SSSR count). The molecule has 0 spiro atoms. The largest absolute Gasteiger partial charge is 0.497 e. The molecule has 0 saturated heterocycles. The molecular formula is C23H29N2O3+. The van der Waals surface area contributed by atoms with Crippen LogP contribution in [-0.2, 0) is 22.6 Å². The minimum Gasteiger partial charge on any atom is -0.497 e. The van der Waals surface area contributed by atoms with Crippen molar-refractivity contribution in [2.45, 2.75) is 44.8 Å². The van der Waals surface area contributed by atoms with Gasteiger partial charge in [-0.1, -0.05) is 30.3 Å². The molecule has 2 aromatic carbocycles. The topological polar surface area (TPSA) is 59.8 Å². The van der Waals surface area contributed by atoms with Gasteiger partial charge in [-0.15, -0.1) is 0 Å². The maximum absolute atomic E-state index is 12.7. The Morgan fingerprint density at radius 2 is 1.75 bits per heavy atom. The van der Waals surface area contributed by atoms with Crippen molar-refractivity contribution < 1.29 is 19.2 Å². The van der Waals surface area contributed by atoms with E-state index in [0.717, 1.165) is 30.7 Å². The monoisotopic (exact) mass is 381 g/mol. The van der Waals surface area contributed by atoms with Crippen LogP contribution in [0.5, 0.6) is 5.75 Å². The van der Waals surface area contributed by atoms with Crippen molar-refractivity contribution in [1.29, 1.82) is 0 Å². The molecule has 0 bridgehead atoms. The van der Waals surface area contributed by atoms with E-state index in [9.17, 15) is 9.59 Å². The zero-order valence-corrected chi connectivity index (χ0v) is 16.6. The summed E-state index contributed by atoms with van der Waals surface area (Å²) in [4.78, 5) is 26.0. The van der Waals surface area contributed by atoms with E-state index in [0.29, 0.717) is 19.0 Å². The summed E-state index contributed by atoms with van der Waals surface area (Å²) in [6, 6.07) is 17.8. The van der Waals surface area contributed by atoms with Crippen LogP contribution in [0.2, 0.25) is 0 Å². The number of benzene rings is 2. The fraction of sp³-hybridized carbons (Fsp3) is 0.391. The van der Waals surface area contributed by atoms with Gasteiger partial charge in [0, 0.05) is 18.4 Å². The fourth-order valence-electron chi connectivity index (χ4n) is 3.45. The van der Waals surface area contributed by atoms with Crippen LogP contribution in [0, 0.1) is 0 Å². The van der Waals surface area contributed by atoms with E-state index in [2.05, 4.69) is 5.32 Å². The molecule has 1 amide bonds. The second-order valence-corrected chi connectivity index (χ2v) is 7.55. The lowest BCUT2D eigenvalue weighted by Crippen LogP contribution is -3.13. The molecule has 1 fully saturated rings. The third kappa shape index (κ3) is 5.92. The number of methoxy groups -OCH3 is 1. The van der Waals surface area contributed by atoms with E-state index < -0.39 is 6.04 Å². The van der Waals surface area contributed by atoms with Crippen molar-refractivity contribution in [3.05, 3.63) is 65.7 Å². The number of rotatable bonds is 10. The summed E-state index contributed by atoms with van der Waals surface area (Å²) < 4.78 is 5.21. The minimum atomic E-state index is -0.476. The van der Waals surface area contributed by atoms with Crippen molar-refractivity contribution in [2.24, 2.45) is 0 Å². The van der Waals surface area contributed by atoms with Crippen LogP contribution in [0.3, 0.4) is 0 Å². The quantitative estimate of drug-likeness (QED) is 0.657. The van der Waals surface area contributed by atoms with Crippen molar-refractivity contribution in [2.75, 3.05) is 13.7 Å². The third-order valence-corrected chi connectivity index (χ3v) is 5.24. The van der Waals surface area contributed by atoms with Gasteiger partial charge in [-0.25, -0.2) is 0 Å². The third-order valence-electron chi connectivity index (χ3n) is 5.24. The Kier molecular flexibility index (Phi) is 6.82.